The Balaban J connectivity index is 1.55. The molecule has 204 valence electrons. The van der Waals surface area contributed by atoms with Crippen LogP contribution in [0.3, 0.4) is 0 Å². The van der Waals surface area contributed by atoms with Gasteiger partial charge in [-0.25, -0.2) is 0 Å². The maximum absolute atomic E-state index is 13.2. The summed E-state index contributed by atoms with van der Waals surface area (Å²) >= 11 is 5.98. The largest absolute Gasteiger partial charge is 0.490 e. The lowest BCUT2D eigenvalue weighted by Crippen LogP contribution is -2.34. The zero-order valence-corrected chi connectivity index (χ0v) is 23.0. The number of carbonyl (C=O) groups excluding carboxylic acids is 2. The van der Waals surface area contributed by atoms with Gasteiger partial charge in [0, 0.05) is 18.1 Å². The van der Waals surface area contributed by atoms with Crippen LogP contribution in [-0.4, -0.2) is 18.4 Å². The number of rotatable bonds is 12. The van der Waals surface area contributed by atoms with Crippen molar-refractivity contribution < 1.29 is 19.1 Å². The van der Waals surface area contributed by atoms with Crippen molar-refractivity contribution in [3.05, 3.63) is 136 Å². The van der Waals surface area contributed by atoms with Gasteiger partial charge in [-0.3, -0.25) is 9.59 Å². The zero-order valence-electron chi connectivity index (χ0n) is 22.2. The predicted molar refractivity (Wildman–Crippen MR) is 158 cm³/mol. The van der Waals surface area contributed by atoms with E-state index in [0.29, 0.717) is 48.4 Å². The van der Waals surface area contributed by atoms with Gasteiger partial charge in [0.1, 0.15) is 12.2 Å². The van der Waals surface area contributed by atoms with E-state index in [2.05, 4.69) is 10.6 Å². The summed E-state index contributed by atoms with van der Waals surface area (Å²) in [6.07, 6.45) is 1.56. The molecule has 4 rings (SSSR count). The number of ether oxygens (including phenoxy) is 2. The van der Waals surface area contributed by atoms with Gasteiger partial charge in [0.2, 0.25) is 0 Å². The fourth-order valence-corrected chi connectivity index (χ4v) is 4.02. The van der Waals surface area contributed by atoms with Gasteiger partial charge in [0.05, 0.1) is 6.61 Å². The van der Waals surface area contributed by atoms with Gasteiger partial charge >= 0.3 is 0 Å². The number of carbonyl (C=O) groups is 2. The van der Waals surface area contributed by atoms with Gasteiger partial charge < -0.3 is 20.1 Å². The van der Waals surface area contributed by atoms with Crippen LogP contribution in [0.15, 0.2) is 109 Å². The van der Waals surface area contributed by atoms with Crippen molar-refractivity contribution in [2.24, 2.45) is 0 Å². The van der Waals surface area contributed by atoms with E-state index in [1.54, 1.807) is 24.3 Å². The molecule has 0 spiro atoms. The molecule has 4 aromatic carbocycles. The second kappa shape index (κ2) is 14.6. The molecule has 40 heavy (non-hydrogen) atoms. The highest BCUT2D eigenvalue weighted by molar-refractivity contribution is 6.30. The first-order chi connectivity index (χ1) is 19.5. The highest BCUT2D eigenvalue weighted by atomic mass is 35.5. The Morgan fingerprint density at radius 3 is 1.82 bits per heavy atom. The van der Waals surface area contributed by atoms with Gasteiger partial charge in [-0.1, -0.05) is 90.5 Å². The molecule has 2 N–H and O–H groups in total. The average Bonchev–Trinajstić information content (AvgIpc) is 2.99. The van der Waals surface area contributed by atoms with Crippen LogP contribution in [-0.2, 0) is 29.3 Å². The normalized spacial score (nSPS) is 10.3. The maximum atomic E-state index is 13.2. The van der Waals surface area contributed by atoms with Crippen LogP contribution in [0.1, 0.15) is 29.2 Å². The minimum absolute atomic E-state index is 0.0101. The second-order valence-electron chi connectivity index (χ2n) is 8.95. The molecule has 0 bridgehead atoms. The molecule has 0 aromatic heterocycles. The molecule has 0 atom stereocenters. The molecule has 0 aliphatic carbocycles. The summed E-state index contributed by atoms with van der Waals surface area (Å²) < 4.78 is 11.8. The average molecular weight is 555 g/mol. The Bertz CT molecular complexity index is 1380. The zero-order chi connectivity index (χ0) is 28.2. The Morgan fingerprint density at radius 1 is 0.700 bits per heavy atom. The lowest BCUT2D eigenvalue weighted by molar-refractivity contribution is -0.123. The number of halogens is 1. The summed E-state index contributed by atoms with van der Waals surface area (Å²) in [5, 5.41) is 6.38. The molecule has 0 saturated heterocycles. The van der Waals surface area contributed by atoms with Crippen molar-refractivity contribution in [1.29, 1.82) is 0 Å². The van der Waals surface area contributed by atoms with E-state index in [9.17, 15) is 9.59 Å². The fourth-order valence-electron chi connectivity index (χ4n) is 3.89. The van der Waals surface area contributed by atoms with Gasteiger partial charge in [-0.2, -0.15) is 0 Å². The number of hydrogen-bond donors (Lipinski definition) is 2. The van der Waals surface area contributed by atoms with E-state index in [1.165, 1.54) is 0 Å². The summed E-state index contributed by atoms with van der Waals surface area (Å²) in [6.45, 7) is 3.23. The van der Waals surface area contributed by atoms with Crippen LogP contribution in [0.5, 0.6) is 11.5 Å². The molecule has 2 amide bonds. The first-order valence-corrected chi connectivity index (χ1v) is 13.4. The monoisotopic (exact) mass is 554 g/mol. The van der Waals surface area contributed by atoms with Crippen molar-refractivity contribution in [2.45, 2.75) is 26.6 Å². The van der Waals surface area contributed by atoms with Crippen molar-refractivity contribution in [2.75, 3.05) is 6.61 Å². The molecular weight excluding hydrogens is 524 g/mol. The highest BCUT2D eigenvalue weighted by Gasteiger charge is 2.19. The molecule has 0 aliphatic rings. The number of hydrogen-bond acceptors (Lipinski definition) is 4. The van der Waals surface area contributed by atoms with E-state index in [1.807, 2.05) is 91.9 Å². The molecule has 0 radical (unpaired) electrons. The van der Waals surface area contributed by atoms with E-state index in [0.717, 1.165) is 16.7 Å². The lowest BCUT2D eigenvalue weighted by Gasteiger charge is -2.14. The minimum atomic E-state index is -0.476. The van der Waals surface area contributed by atoms with Crippen molar-refractivity contribution in [3.8, 4) is 11.5 Å². The smallest absolute Gasteiger partial charge is 0.257 e. The molecule has 6 nitrogen and oxygen atoms in total. The number of amides is 2. The van der Waals surface area contributed by atoms with E-state index < -0.39 is 11.8 Å². The summed E-state index contributed by atoms with van der Waals surface area (Å²) in [4.78, 5) is 26.5. The third-order valence-electron chi connectivity index (χ3n) is 5.97. The minimum Gasteiger partial charge on any atom is -0.490 e. The molecule has 0 aliphatic heterocycles. The Kier molecular flexibility index (Phi) is 10.4. The van der Waals surface area contributed by atoms with Crippen molar-refractivity contribution >= 4 is 29.5 Å². The van der Waals surface area contributed by atoms with Crippen LogP contribution in [0.4, 0.5) is 0 Å². The number of nitrogens with one attached hydrogen (secondary N) is 2. The molecule has 0 fully saturated rings. The topological polar surface area (TPSA) is 76.7 Å². The van der Waals surface area contributed by atoms with E-state index in [4.69, 9.17) is 21.1 Å². The predicted octanol–water partition coefficient (Wildman–Crippen LogP) is 6.33. The first kappa shape index (κ1) is 28.5. The third kappa shape index (κ3) is 8.48. The molecule has 0 saturated carbocycles. The van der Waals surface area contributed by atoms with Gasteiger partial charge in [-0.15, -0.1) is 0 Å². The van der Waals surface area contributed by atoms with Crippen LogP contribution >= 0.6 is 11.6 Å². The maximum Gasteiger partial charge on any atom is 0.257 e. The lowest BCUT2D eigenvalue weighted by atomic mass is 10.1. The van der Waals surface area contributed by atoms with E-state index in [-0.39, 0.29) is 5.57 Å². The molecule has 0 heterocycles. The SMILES string of the molecule is CCOc1cc(C=C(C(=O)NCc2ccccc2)C(=O)NCc2ccccc2)ccc1OCc1ccc(Cl)cc1. The van der Waals surface area contributed by atoms with Crippen LogP contribution in [0.25, 0.3) is 6.08 Å². The highest BCUT2D eigenvalue weighted by Crippen LogP contribution is 2.30. The molecule has 4 aromatic rings. The van der Waals surface area contributed by atoms with Crippen LogP contribution in [0.2, 0.25) is 5.02 Å². The summed E-state index contributed by atoms with van der Waals surface area (Å²) in [7, 11) is 0. The molecule has 7 heteroatoms. The summed E-state index contributed by atoms with van der Waals surface area (Å²) in [5.41, 5.74) is 3.44. The molecular formula is C33H31ClN2O4. The summed E-state index contributed by atoms with van der Waals surface area (Å²) in [6, 6.07) is 31.8. The Hall–Kier alpha value is -4.55. The van der Waals surface area contributed by atoms with Crippen molar-refractivity contribution in [3.63, 3.8) is 0 Å². The van der Waals surface area contributed by atoms with Gasteiger partial charge in [0.25, 0.3) is 11.8 Å². The van der Waals surface area contributed by atoms with E-state index >= 15 is 0 Å². The second-order valence-corrected chi connectivity index (χ2v) is 9.39. The summed E-state index contributed by atoms with van der Waals surface area (Å²) in [5.74, 6) is 0.113. The van der Waals surface area contributed by atoms with Gasteiger partial charge in [-0.05, 0) is 59.5 Å². The Morgan fingerprint density at radius 2 is 1.27 bits per heavy atom. The molecule has 0 unspecified atom stereocenters. The number of benzene rings is 4. The third-order valence-corrected chi connectivity index (χ3v) is 6.22. The quantitative estimate of drug-likeness (QED) is 0.122. The van der Waals surface area contributed by atoms with Crippen LogP contribution < -0.4 is 20.1 Å². The fraction of sp³-hybridized carbons (Fsp3) is 0.152. The van der Waals surface area contributed by atoms with Crippen molar-refractivity contribution in [1.82, 2.24) is 10.6 Å². The van der Waals surface area contributed by atoms with Gasteiger partial charge in [0.15, 0.2) is 11.5 Å². The standard InChI is InChI=1S/C33H31ClN2O4/c1-2-39-31-20-27(15-18-30(31)40-23-26-13-16-28(34)17-14-26)19-29(32(37)35-21-24-9-5-3-6-10-24)33(38)36-22-25-11-7-4-8-12-25/h3-20H,2,21-23H2,1H3,(H,35,37)(H,36,38). The Labute approximate surface area is 239 Å². The van der Waals surface area contributed by atoms with Crippen LogP contribution in [0, 0.1) is 0 Å². The first-order valence-electron chi connectivity index (χ1n) is 13.0.